The number of aromatic amines is 1. The quantitative estimate of drug-likeness (QED) is 0.912. The smallest absolute Gasteiger partial charge is 0.260 e. The molecule has 112 valence electrons. The molecule has 1 atom stereocenters. The Hall–Kier alpha value is -1.88. The molecule has 2 heterocycles. The summed E-state index contributed by atoms with van der Waals surface area (Å²) in [5.74, 6) is -0.592. The van der Waals surface area contributed by atoms with E-state index in [2.05, 4.69) is 36.3 Å². The number of benzene rings is 1. The van der Waals surface area contributed by atoms with Crippen LogP contribution < -0.4 is 5.32 Å². The number of aryl methyl sites for hydroxylation is 2. The fourth-order valence-corrected chi connectivity index (χ4v) is 2.61. The van der Waals surface area contributed by atoms with Crippen LogP contribution in [-0.4, -0.2) is 29.8 Å². The molecule has 1 aliphatic heterocycles. The van der Waals surface area contributed by atoms with Crippen LogP contribution in [-0.2, 0) is 16.1 Å². The molecule has 1 unspecified atom stereocenters. The first-order chi connectivity index (χ1) is 9.98. The van der Waals surface area contributed by atoms with Gasteiger partial charge in [-0.05, 0) is 48.6 Å². The standard InChI is InChI=1S/C16H19FN2O2/c1-10-5-12-7-13(19-14(12)6-11(10)2)8-18-15(20)16(17)3-4-21-9-16/h5-7,19H,3-4,8-9H2,1-2H3,(H,18,20). The number of halogens is 1. The van der Waals surface area contributed by atoms with Gasteiger partial charge in [-0.25, -0.2) is 4.39 Å². The van der Waals surface area contributed by atoms with Crippen molar-refractivity contribution in [3.05, 3.63) is 35.0 Å². The summed E-state index contributed by atoms with van der Waals surface area (Å²) < 4.78 is 19.1. The van der Waals surface area contributed by atoms with Crippen LogP contribution in [0.3, 0.4) is 0 Å². The number of carbonyl (C=O) groups excluding carboxylic acids is 1. The van der Waals surface area contributed by atoms with Gasteiger partial charge in [-0.3, -0.25) is 4.79 Å². The SMILES string of the molecule is Cc1cc2cc(CNC(=O)C3(F)CCOC3)[nH]c2cc1C. The van der Waals surface area contributed by atoms with Crippen LogP contribution in [0.1, 0.15) is 23.2 Å². The number of amides is 1. The Balaban J connectivity index is 1.72. The third kappa shape index (κ3) is 2.65. The van der Waals surface area contributed by atoms with Crippen LogP contribution in [0.5, 0.6) is 0 Å². The summed E-state index contributed by atoms with van der Waals surface area (Å²) in [5, 5.41) is 3.75. The second-order valence-corrected chi connectivity index (χ2v) is 5.77. The van der Waals surface area contributed by atoms with Gasteiger partial charge in [0.25, 0.3) is 5.91 Å². The number of rotatable bonds is 3. The van der Waals surface area contributed by atoms with Crippen LogP contribution in [0.25, 0.3) is 10.9 Å². The number of fused-ring (bicyclic) bond motifs is 1. The fraction of sp³-hybridized carbons (Fsp3) is 0.438. The Morgan fingerprint density at radius 3 is 2.86 bits per heavy atom. The van der Waals surface area contributed by atoms with Gasteiger partial charge in [0.2, 0.25) is 5.67 Å². The summed E-state index contributed by atoms with van der Waals surface area (Å²) in [6.07, 6.45) is 0.129. The number of hydrogen-bond donors (Lipinski definition) is 2. The highest BCUT2D eigenvalue weighted by Crippen LogP contribution is 2.24. The molecule has 1 aromatic carbocycles. The number of ether oxygens (including phenoxy) is 1. The summed E-state index contributed by atoms with van der Waals surface area (Å²) >= 11 is 0. The zero-order chi connectivity index (χ0) is 15.0. The largest absolute Gasteiger partial charge is 0.377 e. The van der Waals surface area contributed by atoms with E-state index in [1.54, 1.807) is 0 Å². The van der Waals surface area contributed by atoms with E-state index in [4.69, 9.17) is 4.74 Å². The molecule has 3 rings (SSSR count). The van der Waals surface area contributed by atoms with Crippen LogP contribution in [0.4, 0.5) is 4.39 Å². The molecule has 2 aromatic rings. The van der Waals surface area contributed by atoms with Crippen LogP contribution >= 0.6 is 0 Å². The molecule has 21 heavy (non-hydrogen) atoms. The number of carbonyl (C=O) groups is 1. The van der Waals surface area contributed by atoms with Crippen molar-refractivity contribution in [1.82, 2.24) is 10.3 Å². The topological polar surface area (TPSA) is 54.1 Å². The van der Waals surface area contributed by atoms with Crippen molar-refractivity contribution in [2.24, 2.45) is 0 Å². The molecule has 1 aromatic heterocycles. The van der Waals surface area contributed by atoms with E-state index in [-0.39, 0.29) is 19.6 Å². The van der Waals surface area contributed by atoms with Crippen molar-refractivity contribution in [3.63, 3.8) is 0 Å². The first-order valence-corrected chi connectivity index (χ1v) is 7.12. The van der Waals surface area contributed by atoms with E-state index in [1.165, 1.54) is 11.1 Å². The lowest BCUT2D eigenvalue weighted by Gasteiger charge is -2.16. The van der Waals surface area contributed by atoms with E-state index in [0.717, 1.165) is 16.6 Å². The van der Waals surface area contributed by atoms with E-state index < -0.39 is 11.6 Å². The summed E-state index contributed by atoms with van der Waals surface area (Å²) in [4.78, 5) is 15.1. The highest BCUT2D eigenvalue weighted by Gasteiger charge is 2.42. The van der Waals surface area contributed by atoms with Gasteiger partial charge in [0.15, 0.2) is 0 Å². The zero-order valence-electron chi connectivity index (χ0n) is 12.3. The second-order valence-electron chi connectivity index (χ2n) is 5.77. The normalized spacial score (nSPS) is 21.9. The molecular formula is C16H19FN2O2. The minimum absolute atomic E-state index is 0.129. The van der Waals surface area contributed by atoms with Gasteiger partial charge < -0.3 is 15.0 Å². The number of nitrogens with one attached hydrogen (secondary N) is 2. The average Bonchev–Trinajstić information content (AvgIpc) is 3.04. The molecule has 4 nitrogen and oxygen atoms in total. The highest BCUT2D eigenvalue weighted by molar-refractivity contribution is 5.86. The van der Waals surface area contributed by atoms with Crippen LogP contribution in [0.2, 0.25) is 0 Å². The zero-order valence-corrected chi connectivity index (χ0v) is 12.3. The fourth-order valence-electron chi connectivity index (χ4n) is 2.61. The van der Waals surface area contributed by atoms with Gasteiger partial charge in [-0.15, -0.1) is 0 Å². The van der Waals surface area contributed by atoms with Crippen molar-refractivity contribution < 1.29 is 13.9 Å². The minimum atomic E-state index is -1.88. The summed E-state index contributed by atoms with van der Waals surface area (Å²) in [6, 6.07) is 6.17. The number of alkyl halides is 1. The molecule has 5 heteroatoms. The Morgan fingerprint density at radius 1 is 1.38 bits per heavy atom. The molecule has 0 saturated carbocycles. The lowest BCUT2D eigenvalue weighted by molar-refractivity contribution is -0.133. The van der Waals surface area contributed by atoms with Crippen molar-refractivity contribution in [1.29, 1.82) is 0 Å². The maximum absolute atomic E-state index is 14.2. The van der Waals surface area contributed by atoms with E-state index >= 15 is 0 Å². The van der Waals surface area contributed by atoms with Gasteiger partial charge in [-0.2, -0.15) is 0 Å². The van der Waals surface area contributed by atoms with Crippen LogP contribution in [0, 0.1) is 13.8 Å². The van der Waals surface area contributed by atoms with E-state index in [1.807, 2.05) is 6.07 Å². The lowest BCUT2D eigenvalue weighted by atomic mass is 10.1. The molecule has 1 aliphatic rings. The predicted molar refractivity (Wildman–Crippen MR) is 78.9 cm³/mol. The Kier molecular flexibility index (Phi) is 3.45. The average molecular weight is 290 g/mol. The Morgan fingerprint density at radius 2 is 2.14 bits per heavy atom. The first kappa shape index (κ1) is 14.1. The number of aromatic nitrogens is 1. The molecule has 0 spiro atoms. The van der Waals surface area contributed by atoms with Crippen molar-refractivity contribution in [3.8, 4) is 0 Å². The molecule has 1 fully saturated rings. The van der Waals surface area contributed by atoms with Crippen molar-refractivity contribution in [2.75, 3.05) is 13.2 Å². The molecule has 0 bridgehead atoms. The summed E-state index contributed by atoms with van der Waals surface area (Å²) in [5.41, 5.74) is 2.46. The molecule has 0 aliphatic carbocycles. The molecule has 1 amide bonds. The second kappa shape index (κ2) is 5.15. The number of H-pyrrole nitrogens is 1. The number of hydrogen-bond acceptors (Lipinski definition) is 2. The molecule has 0 radical (unpaired) electrons. The summed E-state index contributed by atoms with van der Waals surface area (Å²) in [7, 11) is 0. The maximum Gasteiger partial charge on any atom is 0.260 e. The van der Waals surface area contributed by atoms with Crippen LogP contribution in [0.15, 0.2) is 18.2 Å². The van der Waals surface area contributed by atoms with Gasteiger partial charge in [-0.1, -0.05) is 0 Å². The van der Waals surface area contributed by atoms with Crippen molar-refractivity contribution in [2.45, 2.75) is 32.5 Å². The van der Waals surface area contributed by atoms with Gasteiger partial charge in [0, 0.05) is 17.6 Å². The summed E-state index contributed by atoms with van der Waals surface area (Å²) in [6.45, 7) is 4.57. The monoisotopic (exact) mass is 290 g/mol. The lowest BCUT2D eigenvalue weighted by Crippen LogP contribution is -2.43. The highest BCUT2D eigenvalue weighted by atomic mass is 19.1. The van der Waals surface area contributed by atoms with Gasteiger partial charge in [0.1, 0.15) is 0 Å². The minimum Gasteiger partial charge on any atom is -0.377 e. The Bertz CT molecular complexity index is 648. The predicted octanol–water partition coefficient (Wildman–Crippen LogP) is 2.53. The van der Waals surface area contributed by atoms with Gasteiger partial charge >= 0.3 is 0 Å². The Labute approximate surface area is 122 Å². The maximum atomic E-state index is 14.2. The third-order valence-electron chi connectivity index (χ3n) is 4.11. The van der Waals surface area contributed by atoms with E-state index in [0.29, 0.717) is 6.61 Å². The molecular weight excluding hydrogens is 271 g/mol. The van der Waals surface area contributed by atoms with Crippen molar-refractivity contribution >= 4 is 16.8 Å². The molecule has 1 saturated heterocycles. The van der Waals surface area contributed by atoms with Gasteiger partial charge in [0.05, 0.1) is 19.8 Å². The van der Waals surface area contributed by atoms with E-state index in [9.17, 15) is 9.18 Å². The first-order valence-electron chi connectivity index (χ1n) is 7.12. The molecule has 2 N–H and O–H groups in total. The third-order valence-corrected chi connectivity index (χ3v) is 4.11.